The summed E-state index contributed by atoms with van der Waals surface area (Å²) in [4.78, 5) is 13.9. The van der Waals surface area contributed by atoms with Gasteiger partial charge in [0.15, 0.2) is 6.61 Å². The molecule has 4 heteroatoms. The van der Waals surface area contributed by atoms with Crippen molar-refractivity contribution >= 4 is 11.6 Å². The number of benzene rings is 1. The smallest absolute Gasteiger partial charge is 0.260 e. The minimum Gasteiger partial charge on any atom is -0.483 e. The van der Waals surface area contributed by atoms with Gasteiger partial charge in [-0.2, -0.15) is 0 Å². The van der Waals surface area contributed by atoms with Crippen LogP contribution in [0.5, 0.6) is 5.75 Å². The number of likely N-dealkylation sites (tertiary alicyclic amines) is 1. The largest absolute Gasteiger partial charge is 0.483 e. The average Bonchev–Trinajstić information content (AvgIpc) is 2.38. The predicted molar refractivity (Wildman–Crippen MR) is 76.1 cm³/mol. The minimum atomic E-state index is 0.0723. The van der Waals surface area contributed by atoms with E-state index in [0.717, 1.165) is 43.2 Å². The SMILES string of the molecule is Cc1cc(N)ccc1OCC(=O)N1CCC(C)CC1. The number of piperidine rings is 1. The van der Waals surface area contributed by atoms with Gasteiger partial charge in [0.05, 0.1) is 0 Å². The number of ether oxygens (including phenoxy) is 1. The van der Waals surface area contributed by atoms with Crippen LogP contribution in [0.15, 0.2) is 18.2 Å². The van der Waals surface area contributed by atoms with Gasteiger partial charge in [0.25, 0.3) is 5.91 Å². The van der Waals surface area contributed by atoms with Crippen LogP contribution in [0.2, 0.25) is 0 Å². The molecule has 1 saturated heterocycles. The van der Waals surface area contributed by atoms with Crippen LogP contribution in [0.4, 0.5) is 5.69 Å². The molecule has 0 aliphatic carbocycles. The van der Waals surface area contributed by atoms with E-state index in [2.05, 4.69) is 6.92 Å². The number of rotatable bonds is 3. The van der Waals surface area contributed by atoms with Gasteiger partial charge in [-0.15, -0.1) is 0 Å². The Labute approximate surface area is 114 Å². The molecule has 1 fully saturated rings. The topological polar surface area (TPSA) is 55.6 Å². The maximum atomic E-state index is 12.0. The molecule has 2 N–H and O–H groups in total. The highest BCUT2D eigenvalue weighted by molar-refractivity contribution is 5.77. The number of aryl methyl sites for hydroxylation is 1. The van der Waals surface area contributed by atoms with E-state index in [1.807, 2.05) is 24.0 Å². The van der Waals surface area contributed by atoms with Gasteiger partial charge in [0.1, 0.15) is 5.75 Å². The fourth-order valence-electron chi connectivity index (χ4n) is 2.32. The Morgan fingerprint density at radius 2 is 2.11 bits per heavy atom. The van der Waals surface area contributed by atoms with Gasteiger partial charge in [0.2, 0.25) is 0 Å². The number of hydrogen-bond acceptors (Lipinski definition) is 3. The molecule has 1 aromatic carbocycles. The summed E-state index contributed by atoms with van der Waals surface area (Å²) in [7, 11) is 0. The van der Waals surface area contributed by atoms with E-state index in [9.17, 15) is 4.79 Å². The van der Waals surface area contributed by atoms with Gasteiger partial charge in [-0.25, -0.2) is 0 Å². The molecule has 0 saturated carbocycles. The molecule has 1 heterocycles. The second-order valence-electron chi connectivity index (χ2n) is 5.38. The zero-order chi connectivity index (χ0) is 13.8. The summed E-state index contributed by atoms with van der Waals surface area (Å²) >= 11 is 0. The van der Waals surface area contributed by atoms with Gasteiger partial charge in [-0.1, -0.05) is 6.92 Å². The Hall–Kier alpha value is -1.71. The molecule has 4 nitrogen and oxygen atoms in total. The number of nitrogens with zero attached hydrogens (tertiary/aromatic N) is 1. The molecule has 0 bridgehead atoms. The second kappa shape index (κ2) is 5.95. The third kappa shape index (κ3) is 3.63. The first-order valence-corrected chi connectivity index (χ1v) is 6.83. The lowest BCUT2D eigenvalue weighted by molar-refractivity contribution is -0.134. The minimum absolute atomic E-state index is 0.0723. The quantitative estimate of drug-likeness (QED) is 0.850. The first-order chi connectivity index (χ1) is 9.06. The van der Waals surface area contributed by atoms with E-state index in [4.69, 9.17) is 10.5 Å². The molecule has 1 aromatic rings. The van der Waals surface area contributed by atoms with Crippen molar-refractivity contribution in [2.45, 2.75) is 26.7 Å². The lowest BCUT2D eigenvalue weighted by Crippen LogP contribution is -2.40. The van der Waals surface area contributed by atoms with Crippen LogP contribution < -0.4 is 10.5 Å². The standard InChI is InChI=1S/C15H22N2O2/c1-11-5-7-17(8-6-11)15(18)10-19-14-4-3-13(16)9-12(14)2/h3-4,9,11H,5-8,10,16H2,1-2H3. The number of nitrogen functional groups attached to an aromatic ring is 1. The van der Waals surface area contributed by atoms with E-state index >= 15 is 0 Å². The maximum Gasteiger partial charge on any atom is 0.260 e. The number of hydrogen-bond donors (Lipinski definition) is 1. The normalized spacial score (nSPS) is 16.4. The van der Waals surface area contributed by atoms with E-state index in [0.29, 0.717) is 5.69 Å². The number of carbonyl (C=O) groups excluding carboxylic acids is 1. The Bertz CT molecular complexity index is 451. The van der Waals surface area contributed by atoms with Crippen molar-refractivity contribution in [3.05, 3.63) is 23.8 Å². The van der Waals surface area contributed by atoms with Crippen molar-refractivity contribution in [3.8, 4) is 5.75 Å². The molecule has 0 spiro atoms. The number of amides is 1. The summed E-state index contributed by atoms with van der Waals surface area (Å²) in [6, 6.07) is 5.45. The van der Waals surface area contributed by atoms with E-state index in [1.54, 1.807) is 6.07 Å². The summed E-state index contributed by atoms with van der Waals surface area (Å²) in [6.45, 7) is 5.97. The van der Waals surface area contributed by atoms with Crippen molar-refractivity contribution in [3.63, 3.8) is 0 Å². The Morgan fingerprint density at radius 1 is 1.42 bits per heavy atom. The van der Waals surface area contributed by atoms with Crippen molar-refractivity contribution in [1.82, 2.24) is 4.90 Å². The number of nitrogens with two attached hydrogens (primary N) is 1. The van der Waals surface area contributed by atoms with E-state index < -0.39 is 0 Å². The Morgan fingerprint density at radius 3 is 2.74 bits per heavy atom. The van der Waals surface area contributed by atoms with Gasteiger partial charge < -0.3 is 15.4 Å². The van der Waals surface area contributed by atoms with Crippen molar-refractivity contribution < 1.29 is 9.53 Å². The van der Waals surface area contributed by atoms with Crippen LogP contribution in [0.1, 0.15) is 25.3 Å². The Balaban J connectivity index is 1.86. The zero-order valence-electron chi connectivity index (χ0n) is 11.7. The van der Waals surface area contributed by atoms with Crippen LogP contribution in [0, 0.1) is 12.8 Å². The van der Waals surface area contributed by atoms with Crippen molar-refractivity contribution in [2.24, 2.45) is 5.92 Å². The van der Waals surface area contributed by atoms with Crippen LogP contribution >= 0.6 is 0 Å². The Kier molecular flexibility index (Phi) is 4.30. The van der Waals surface area contributed by atoms with E-state index in [1.165, 1.54) is 0 Å². The molecule has 19 heavy (non-hydrogen) atoms. The third-order valence-corrected chi connectivity index (χ3v) is 3.69. The lowest BCUT2D eigenvalue weighted by atomic mass is 9.99. The third-order valence-electron chi connectivity index (χ3n) is 3.69. The fraction of sp³-hybridized carbons (Fsp3) is 0.533. The predicted octanol–water partition coefficient (Wildman–Crippen LogP) is 2.21. The summed E-state index contributed by atoms with van der Waals surface area (Å²) in [6.07, 6.45) is 2.18. The molecule has 1 amide bonds. The molecule has 0 aromatic heterocycles. The van der Waals surface area contributed by atoms with Crippen LogP contribution in [-0.4, -0.2) is 30.5 Å². The molecule has 2 rings (SSSR count). The van der Waals surface area contributed by atoms with Crippen LogP contribution in [0.25, 0.3) is 0 Å². The highest BCUT2D eigenvalue weighted by Crippen LogP contribution is 2.21. The van der Waals surface area contributed by atoms with Gasteiger partial charge in [-0.3, -0.25) is 4.79 Å². The first-order valence-electron chi connectivity index (χ1n) is 6.83. The van der Waals surface area contributed by atoms with Gasteiger partial charge >= 0.3 is 0 Å². The number of anilines is 1. The monoisotopic (exact) mass is 262 g/mol. The molecular formula is C15H22N2O2. The van der Waals surface area contributed by atoms with E-state index in [-0.39, 0.29) is 12.5 Å². The molecular weight excluding hydrogens is 240 g/mol. The van der Waals surface area contributed by atoms with Crippen LogP contribution in [-0.2, 0) is 4.79 Å². The first kappa shape index (κ1) is 13.7. The highest BCUT2D eigenvalue weighted by atomic mass is 16.5. The molecule has 1 aliphatic heterocycles. The summed E-state index contributed by atoms with van der Waals surface area (Å²) in [5.41, 5.74) is 7.35. The molecule has 0 atom stereocenters. The zero-order valence-corrected chi connectivity index (χ0v) is 11.7. The second-order valence-corrected chi connectivity index (χ2v) is 5.38. The highest BCUT2D eigenvalue weighted by Gasteiger charge is 2.20. The molecule has 0 unspecified atom stereocenters. The molecule has 0 radical (unpaired) electrons. The number of carbonyl (C=O) groups is 1. The lowest BCUT2D eigenvalue weighted by Gasteiger charge is -2.30. The van der Waals surface area contributed by atoms with Crippen molar-refractivity contribution in [1.29, 1.82) is 0 Å². The summed E-state index contributed by atoms with van der Waals surface area (Å²) in [5, 5.41) is 0. The fourth-order valence-corrected chi connectivity index (χ4v) is 2.32. The molecule has 1 aliphatic rings. The maximum absolute atomic E-state index is 12.0. The van der Waals surface area contributed by atoms with Crippen LogP contribution in [0.3, 0.4) is 0 Å². The summed E-state index contributed by atoms with van der Waals surface area (Å²) < 4.78 is 5.59. The van der Waals surface area contributed by atoms with Gasteiger partial charge in [-0.05, 0) is 49.4 Å². The average molecular weight is 262 g/mol. The van der Waals surface area contributed by atoms with Gasteiger partial charge in [0, 0.05) is 18.8 Å². The van der Waals surface area contributed by atoms with Crippen molar-refractivity contribution in [2.75, 3.05) is 25.4 Å². The molecule has 104 valence electrons. The summed E-state index contributed by atoms with van der Waals surface area (Å²) in [5.74, 6) is 1.53.